The van der Waals surface area contributed by atoms with Crippen molar-refractivity contribution in [1.82, 2.24) is 9.88 Å². The number of ether oxygens (including phenoxy) is 2. The quantitative estimate of drug-likeness (QED) is 0.849. The fourth-order valence-corrected chi connectivity index (χ4v) is 2.20. The Morgan fingerprint density at radius 2 is 2.00 bits per heavy atom. The Hall–Kier alpha value is -2.27. The van der Waals surface area contributed by atoms with Gasteiger partial charge in [-0.3, -0.25) is 4.79 Å². The first kappa shape index (κ1) is 14.7. The van der Waals surface area contributed by atoms with Crippen LogP contribution in [0.1, 0.15) is 0 Å². The number of halogens is 1. The molecule has 0 spiro atoms. The molecule has 0 unspecified atom stereocenters. The van der Waals surface area contributed by atoms with Crippen LogP contribution in [0.5, 0.6) is 11.6 Å². The number of carbonyl (C=O) groups excluding carboxylic acids is 1. The van der Waals surface area contributed by atoms with E-state index in [-0.39, 0.29) is 18.6 Å². The van der Waals surface area contributed by atoms with Crippen LogP contribution in [0, 0.1) is 0 Å². The van der Waals surface area contributed by atoms with E-state index in [1.807, 2.05) is 12.1 Å². The number of nitrogens with zero attached hydrogens (tertiary/aromatic N) is 2. The van der Waals surface area contributed by atoms with Crippen LogP contribution in [0.25, 0.3) is 0 Å². The maximum Gasteiger partial charge on any atom is 0.260 e. The Balaban J connectivity index is 1.41. The molecule has 5 nitrogen and oxygen atoms in total. The van der Waals surface area contributed by atoms with Gasteiger partial charge in [-0.15, -0.1) is 0 Å². The lowest BCUT2D eigenvalue weighted by molar-refractivity contribution is -0.142. The number of carbonyl (C=O) groups is 1. The van der Waals surface area contributed by atoms with Gasteiger partial charge in [-0.25, -0.2) is 4.98 Å². The van der Waals surface area contributed by atoms with Crippen LogP contribution in [0.3, 0.4) is 0 Å². The molecule has 1 aliphatic heterocycles. The first-order valence-corrected chi connectivity index (χ1v) is 7.32. The molecular formula is C16H15ClN2O3. The molecule has 0 N–H and O–H groups in total. The van der Waals surface area contributed by atoms with E-state index in [4.69, 9.17) is 21.1 Å². The van der Waals surface area contributed by atoms with E-state index in [1.54, 1.807) is 41.4 Å². The molecule has 0 aliphatic carbocycles. The van der Waals surface area contributed by atoms with Gasteiger partial charge in [0.25, 0.3) is 5.91 Å². The van der Waals surface area contributed by atoms with Gasteiger partial charge >= 0.3 is 0 Å². The summed E-state index contributed by atoms with van der Waals surface area (Å²) in [5.41, 5.74) is 0. The van der Waals surface area contributed by atoms with E-state index in [9.17, 15) is 4.79 Å². The van der Waals surface area contributed by atoms with E-state index in [2.05, 4.69) is 4.98 Å². The van der Waals surface area contributed by atoms with E-state index < -0.39 is 0 Å². The number of amides is 1. The number of rotatable bonds is 5. The summed E-state index contributed by atoms with van der Waals surface area (Å²) < 4.78 is 11.1. The molecule has 2 heterocycles. The lowest BCUT2D eigenvalue weighted by Gasteiger charge is -2.38. The maximum absolute atomic E-state index is 12.0. The average Bonchev–Trinajstić information content (AvgIpc) is 2.50. The van der Waals surface area contributed by atoms with Crippen LogP contribution in [-0.4, -0.2) is 41.6 Å². The normalized spacial score (nSPS) is 14.3. The zero-order valence-corrected chi connectivity index (χ0v) is 12.6. The monoisotopic (exact) mass is 318 g/mol. The Labute approximate surface area is 133 Å². The summed E-state index contributed by atoms with van der Waals surface area (Å²) in [6, 6.07) is 12.4. The number of benzene rings is 1. The summed E-state index contributed by atoms with van der Waals surface area (Å²) in [5.74, 6) is 1.15. The van der Waals surface area contributed by atoms with Crippen molar-refractivity contribution < 1.29 is 14.3 Å². The number of hydrogen-bond acceptors (Lipinski definition) is 4. The molecule has 1 saturated heterocycles. The fraction of sp³-hybridized carbons (Fsp3) is 0.250. The van der Waals surface area contributed by atoms with Crippen LogP contribution >= 0.6 is 11.6 Å². The van der Waals surface area contributed by atoms with E-state index in [1.165, 1.54) is 0 Å². The second-order valence-electron chi connectivity index (χ2n) is 4.95. The topological polar surface area (TPSA) is 51.7 Å². The summed E-state index contributed by atoms with van der Waals surface area (Å²) in [5, 5.41) is 0.635. The third-order valence-electron chi connectivity index (χ3n) is 3.30. The van der Waals surface area contributed by atoms with Crippen molar-refractivity contribution in [2.75, 3.05) is 19.7 Å². The van der Waals surface area contributed by atoms with E-state index >= 15 is 0 Å². The van der Waals surface area contributed by atoms with Crippen LogP contribution in [-0.2, 0) is 4.79 Å². The molecule has 1 aromatic heterocycles. The van der Waals surface area contributed by atoms with Crippen molar-refractivity contribution in [3.8, 4) is 11.6 Å². The first-order chi connectivity index (χ1) is 10.7. The highest BCUT2D eigenvalue weighted by atomic mass is 35.5. The molecule has 0 saturated carbocycles. The van der Waals surface area contributed by atoms with Crippen molar-refractivity contribution in [2.24, 2.45) is 0 Å². The van der Waals surface area contributed by atoms with Crippen molar-refractivity contribution in [3.63, 3.8) is 0 Å². The molecular weight excluding hydrogens is 304 g/mol. The minimum Gasteiger partial charge on any atom is -0.484 e. The predicted octanol–water partition coefficient (Wildman–Crippen LogP) is 2.40. The highest BCUT2D eigenvalue weighted by Gasteiger charge is 2.32. The summed E-state index contributed by atoms with van der Waals surface area (Å²) in [7, 11) is 0. The molecule has 1 aliphatic rings. The molecule has 114 valence electrons. The van der Waals surface area contributed by atoms with Crippen molar-refractivity contribution in [1.29, 1.82) is 0 Å². The second kappa shape index (κ2) is 6.66. The minimum absolute atomic E-state index is 0.00520. The van der Waals surface area contributed by atoms with Gasteiger partial charge in [0.2, 0.25) is 5.88 Å². The number of likely N-dealkylation sites (tertiary alicyclic amines) is 1. The number of aromatic nitrogens is 1. The molecule has 1 amide bonds. The second-order valence-corrected chi connectivity index (χ2v) is 5.39. The Bertz CT molecular complexity index is 628. The van der Waals surface area contributed by atoms with Crippen LogP contribution in [0.15, 0.2) is 48.7 Å². The molecule has 6 heteroatoms. The number of hydrogen-bond donors (Lipinski definition) is 0. The maximum atomic E-state index is 12.0. The van der Waals surface area contributed by atoms with Crippen molar-refractivity contribution in [3.05, 3.63) is 53.7 Å². The molecule has 3 rings (SSSR count). The zero-order valence-electron chi connectivity index (χ0n) is 11.8. The first-order valence-electron chi connectivity index (χ1n) is 6.94. The fourth-order valence-electron chi connectivity index (χ4n) is 2.07. The largest absolute Gasteiger partial charge is 0.484 e. The zero-order chi connectivity index (χ0) is 15.4. The van der Waals surface area contributed by atoms with E-state index in [0.717, 1.165) is 0 Å². The molecule has 0 atom stereocenters. The Morgan fingerprint density at radius 1 is 1.23 bits per heavy atom. The van der Waals surface area contributed by atoms with Gasteiger partial charge in [0.05, 0.1) is 13.1 Å². The van der Waals surface area contributed by atoms with Crippen LogP contribution in [0.4, 0.5) is 0 Å². The third kappa shape index (κ3) is 3.68. The van der Waals surface area contributed by atoms with Gasteiger partial charge < -0.3 is 14.4 Å². The summed E-state index contributed by atoms with van der Waals surface area (Å²) >= 11 is 5.79. The van der Waals surface area contributed by atoms with Gasteiger partial charge in [-0.2, -0.15) is 0 Å². The van der Waals surface area contributed by atoms with Gasteiger partial charge in [0.15, 0.2) is 6.61 Å². The smallest absolute Gasteiger partial charge is 0.260 e. The highest BCUT2D eigenvalue weighted by Crippen LogP contribution is 2.18. The molecule has 2 aromatic rings. The summed E-state index contributed by atoms with van der Waals surface area (Å²) in [6.07, 6.45) is 1.67. The molecule has 22 heavy (non-hydrogen) atoms. The Morgan fingerprint density at radius 3 is 2.68 bits per heavy atom. The van der Waals surface area contributed by atoms with Gasteiger partial charge in [-0.1, -0.05) is 17.7 Å². The lowest BCUT2D eigenvalue weighted by atomic mass is 10.1. The van der Waals surface area contributed by atoms with Crippen molar-refractivity contribution >= 4 is 17.5 Å². The Kier molecular flexibility index (Phi) is 4.44. The standard InChI is InChI=1S/C16H15ClN2O3/c17-12-4-6-13(7-5-12)21-11-16(20)19-9-14(10-19)22-15-3-1-2-8-18-15/h1-8,14H,9-11H2. The molecule has 0 radical (unpaired) electrons. The predicted molar refractivity (Wildman–Crippen MR) is 82.2 cm³/mol. The summed E-state index contributed by atoms with van der Waals surface area (Å²) in [6.45, 7) is 1.12. The van der Waals surface area contributed by atoms with E-state index in [0.29, 0.717) is 29.7 Å². The van der Waals surface area contributed by atoms with Gasteiger partial charge in [0.1, 0.15) is 11.9 Å². The summed E-state index contributed by atoms with van der Waals surface area (Å²) in [4.78, 5) is 17.8. The minimum atomic E-state index is -0.0594. The molecule has 1 fully saturated rings. The highest BCUT2D eigenvalue weighted by molar-refractivity contribution is 6.30. The SMILES string of the molecule is O=C(COc1ccc(Cl)cc1)N1CC(Oc2ccccn2)C1. The lowest BCUT2D eigenvalue weighted by Crippen LogP contribution is -2.57. The van der Waals surface area contributed by atoms with Crippen LogP contribution in [0.2, 0.25) is 5.02 Å². The van der Waals surface area contributed by atoms with Crippen LogP contribution < -0.4 is 9.47 Å². The molecule has 1 aromatic carbocycles. The third-order valence-corrected chi connectivity index (χ3v) is 3.55. The average molecular weight is 319 g/mol. The van der Waals surface area contributed by atoms with Gasteiger partial charge in [-0.05, 0) is 30.3 Å². The van der Waals surface area contributed by atoms with Crippen molar-refractivity contribution in [2.45, 2.75) is 6.10 Å². The molecule has 0 bridgehead atoms. The van der Waals surface area contributed by atoms with Gasteiger partial charge in [0, 0.05) is 17.3 Å². The number of pyridine rings is 1.